The summed E-state index contributed by atoms with van der Waals surface area (Å²) in [6.45, 7) is 4.21. The topological polar surface area (TPSA) is 117 Å². The predicted molar refractivity (Wildman–Crippen MR) is 207 cm³/mol. The Labute approximate surface area is 311 Å². The van der Waals surface area contributed by atoms with Gasteiger partial charge in [-0.25, -0.2) is 4.79 Å². The van der Waals surface area contributed by atoms with Gasteiger partial charge in [-0.3, -0.25) is 19.3 Å². The second-order valence-electron chi connectivity index (χ2n) is 12.2. The van der Waals surface area contributed by atoms with Crippen LogP contribution in [0.25, 0.3) is 6.08 Å². The number of rotatable bonds is 12. The molecule has 1 aromatic heterocycles. The number of nitrogens with one attached hydrogen (secondary N) is 3. The van der Waals surface area contributed by atoms with E-state index < -0.39 is 17.8 Å². The van der Waals surface area contributed by atoms with Gasteiger partial charge in [0.1, 0.15) is 10.7 Å². The van der Waals surface area contributed by atoms with Gasteiger partial charge in [0.25, 0.3) is 11.8 Å². The summed E-state index contributed by atoms with van der Waals surface area (Å²) in [7, 11) is 1.35. The fraction of sp³-hybridized carbons (Fsp3) is 0.171. The maximum Gasteiger partial charge on any atom is 0.341 e. The molecule has 0 saturated heterocycles. The zero-order valence-electron chi connectivity index (χ0n) is 28.8. The van der Waals surface area contributed by atoms with Gasteiger partial charge in [-0.05, 0) is 72.0 Å². The number of hydrogen-bond acceptors (Lipinski definition) is 8. The van der Waals surface area contributed by atoms with Crippen molar-refractivity contribution in [2.45, 2.75) is 31.3 Å². The van der Waals surface area contributed by atoms with Gasteiger partial charge in [0.05, 0.1) is 18.4 Å². The van der Waals surface area contributed by atoms with Crippen LogP contribution in [0.1, 0.15) is 47.8 Å². The number of carbonyl (C=O) groups is 4. The molecule has 0 radical (unpaired) electrons. The molecule has 4 aromatic carbocycles. The minimum atomic E-state index is -0.494. The van der Waals surface area contributed by atoms with Crippen LogP contribution in [0, 0.1) is 6.92 Å². The Hall–Kier alpha value is -5.49. The van der Waals surface area contributed by atoms with Crippen LogP contribution in [-0.2, 0) is 33.8 Å². The Kier molecular flexibility index (Phi) is 12.0. The number of methoxy groups -OCH3 is 1. The summed E-state index contributed by atoms with van der Waals surface area (Å²) < 4.78 is 5.11. The molecule has 2 heterocycles. The first kappa shape index (κ1) is 36.3. The van der Waals surface area contributed by atoms with Gasteiger partial charge >= 0.3 is 5.97 Å². The molecule has 0 aliphatic carbocycles. The van der Waals surface area contributed by atoms with Crippen molar-refractivity contribution < 1.29 is 23.9 Å². The molecule has 3 N–H and O–H groups in total. The molecule has 1 aliphatic rings. The van der Waals surface area contributed by atoms with Gasteiger partial charge < -0.3 is 20.7 Å². The van der Waals surface area contributed by atoms with E-state index in [1.54, 1.807) is 48.5 Å². The Morgan fingerprint density at radius 2 is 1.62 bits per heavy atom. The number of carbonyl (C=O) groups excluding carboxylic acids is 4. The summed E-state index contributed by atoms with van der Waals surface area (Å²) in [4.78, 5) is 56.9. The number of fused-ring (bicyclic) bond motifs is 1. The van der Waals surface area contributed by atoms with Crippen molar-refractivity contribution in [2.75, 3.05) is 30.0 Å². The molecule has 264 valence electrons. The number of esters is 1. The predicted octanol–water partition coefficient (Wildman–Crippen LogP) is 7.54. The van der Waals surface area contributed by atoms with Gasteiger partial charge in [-0.15, -0.1) is 23.1 Å². The minimum absolute atomic E-state index is 0.0757. The zero-order chi connectivity index (χ0) is 36.5. The van der Waals surface area contributed by atoms with E-state index in [0.717, 1.165) is 39.6 Å². The molecule has 3 amide bonds. The average Bonchev–Trinajstić information content (AvgIpc) is 3.51. The van der Waals surface area contributed by atoms with Gasteiger partial charge in [0.15, 0.2) is 0 Å². The lowest BCUT2D eigenvalue weighted by Crippen LogP contribution is -2.30. The lowest BCUT2D eigenvalue weighted by Gasteiger charge is -2.27. The van der Waals surface area contributed by atoms with Crippen LogP contribution in [0.2, 0.25) is 0 Å². The van der Waals surface area contributed by atoms with Crippen LogP contribution >= 0.6 is 23.1 Å². The van der Waals surface area contributed by atoms with Gasteiger partial charge in [-0.2, -0.15) is 0 Å². The summed E-state index contributed by atoms with van der Waals surface area (Å²) in [5, 5.41) is 9.12. The van der Waals surface area contributed by atoms with Crippen LogP contribution in [-0.4, -0.2) is 48.0 Å². The molecule has 11 heteroatoms. The summed E-state index contributed by atoms with van der Waals surface area (Å²) in [5.74, 6) is -1.55. The number of aryl methyl sites for hydroxylation is 1. The van der Waals surface area contributed by atoms with Gasteiger partial charge in [0, 0.05) is 40.7 Å². The van der Waals surface area contributed by atoms with Gasteiger partial charge in [0.2, 0.25) is 5.91 Å². The van der Waals surface area contributed by atoms with E-state index in [9.17, 15) is 19.2 Å². The largest absolute Gasteiger partial charge is 0.465 e. The second-order valence-corrected chi connectivity index (χ2v) is 14.4. The first-order chi connectivity index (χ1) is 25.3. The molecular formula is C41H38N4O5S2. The summed E-state index contributed by atoms with van der Waals surface area (Å²) >= 11 is 2.72. The van der Waals surface area contributed by atoms with E-state index in [1.165, 1.54) is 35.8 Å². The van der Waals surface area contributed by atoms with Crippen molar-refractivity contribution in [1.82, 2.24) is 10.2 Å². The van der Waals surface area contributed by atoms with Crippen LogP contribution in [0.5, 0.6) is 0 Å². The SMILES string of the molecule is COC(=O)c1c(NC(=O)CSc2cccc(NC(=O)/C(=C/c3ccccc3C)NC(=O)c3ccccc3)c2)sc2c1CCN(Cc1ccccc1)C2. The number of ether oxygens (including phenoxy) is 1. The Morgan fingerprint density at radius 3 is 2.37 bits per heavy atom. The molecule has 0 fully saturated rings. The molecule has 1 aliphatic heterocycles. The number of nitrogens with zero attached hydrogens (tertiary/aromatic N) is 1. The highest BCUT2D eigenvalue weighted by Gasteiger charge is 2.29. The smallest absolute Gasteiger partial charge is 0.341 e. The maximum absolute atomic E-state index is 13.6. The third-order valence-corrected chi connectivity index (χ3v) is 10.6. The lowest BCUT2D eigenvalue weighted by atomic mass is 10.0. The van der Waals surface area contributed by atoms with E-state index in [0.29, 0.717) is 34.8 Å². The summed E-state index contributed by atoms with van der Waals surface area (Å²) in [6, 6.07) is 33.7. The number of hydrogen-bond donors (Lipinski definition) is 3. The average molecular weight is 731 g/mol. The third-order valence-electron chi connectivity index (χ3n) is 8.51. The quantitative estimate of drug-likeness (QED) is 0.0690. The minimum Gasteiger partial charge on any atom is -0.465 e. The Bertz CT molecular complexity index is 2110. The highest BCUT2D eigenvalue weighted by Crippen LogP contribution is 2.38. The monoisotopic (exact) mass is 730 g/mol. The standard InChI is InChI=1S/C41H38N4O5S2/c1-27-12-9-10-17-30(27)22-34(43-38(47)29-15-7-4-8-16-29)39(48)42-31-18-11-19-32(23-31)51-26-36(46)44-40-37(41(49)50-2)33-20-21-45(25-35(33)52-40)24-28-13-5-3-6-14-28/h3-19,22-23H,20-21,24-26H2,1-2H3,(H,42,48)(H,43,47)(H,44,46)/b34-22-. The third kappa shape index (κ3) is 9.24. The van der Waals surface area contributed by atoms with E-state index in [4.69, 9.17) is 4.74 Å². The Balaban J connectivity index is 1.11. The fourth-order valence-corrected chi connectivity index (χ4v) is 7.91. The van der Waals surface area contributed by atoms with Crippen molar-refractivity contribution in [2.24, 2.45) is 0 Å². The van der Waals surface area contributed by atoms with Crippen molar-refractivity contribution in [1.29, 1.82) is 0 Å². The highest BCUT2D eigenvalue weighted by molar-refractivity contribution is 8.00. The number of anilines is 2. The molecule has 5 aromatic rings. The molecule has 9 nitrogen and oxygen atoms in total. The lowest BCUT2D eigenvalue weighted by molar-refractivity contribution is -0.114. The van der Waals surface area contributed by atoms with E-state index in [2.05, 4.69) is 33.0 Å². The van der Waals surface area contributed by atoms with E-state index in [-0.39, 0.29) is 17.4 Å². The second kappa shape index (κ2) is 17.1. The van der Waals surface area contributed by atoms with Gasteiger partial charge in [-0.1, -0.05) is 78.9 Å². The van der Waals surface area contributed by atoms with Crippen LogP contribution in [0.15, 0.2) is 120 Å². The molecule has 0 saturated carbocycles. The van der Waals surface area contributed by atoms with Crippen LogP contribution in [0.3, 0.4) is 0 Å². The molecular weight excluding hydrogens is 693 g/mol. The van der Waals surface area contributed by atoms with Crippen molar-refractivity contribution in [3.8, 4) is 0 Å². The number of amides is 3. The van der Waals surface area contributed by atoms with Crippen LogP contribution in [0.4, 0.5) is 10.7 Å². The molecule has 0 bridgehead atoms. The Morgan fingerprint density at radius 1 is 0.885 bits per heavy atom. The molecule has 0 unspecified atom stereocenters. The maximum atomic E-state index is 13.6. The number of thioether (sulfide) groups is 1. The summed E-state index contributed by atoms with van der Waals surface area (Å²) in [5.41, 5.74) is 5.34. The van der Waals surface area contributed by atoms with E-state index in [1.807, 2.05) is 61.5 Å². The molecule has 52 heavy (non-hydrogen) atoms. The molecule has 6 rings (SSSR count). The summed E-state index contributed by atoms with van der Waals surface area (Å²) in [6.07, 6.45) is 2.34. The highest BCUT2D eigenvalue weighted by atomic mass is 32.2. The normalized spacial score (nSPS) is 12.8. The van der Waals surface area contributed by atoms with Crippen LogP contribution < -0.4 is 16.0 Å². The molecule has 0 atom stereocenters. The number of thiophene rings is 1. The van der Waals surface area contributed by atoms with Crippen molar-refractivity contribution >= 4 is 63.6 Å². The molecule has 0 spiro atoms. The fourth-order valence-electron chi connectivity index (χ4n) is 5.86. The van der Waals surface area contributed by atoms with Crippen molar-refractivity contribution in [3.63, 3.8) is 0 Å². The van der Waals surface area contributed by atoms with E-state index >= 15 is 0 Å². The zero-order valence-corrected chi connectivity index (χ0v) is 30.4. The van der Waals surface area contributed by atoms with Crippen molar-refractivity contribution in [3.05, 3.63) is 153 Å². The number of benzene rings is 4. The first-order valence-corrected chi connectivity index (χ1v) is 18.5. The first-order valence-electron chi connectivity index (χ1n) is 16.7.